The van der Waals surface area contributed by atoms with E-state index in [-0.39, 0.29) is 18.0 Å². The molecule has 0 saturated heterocycles. The normalized spacial score (nSPS) is 19.3. The lowest BCUT2D eigenvalue weighted by Gasteiger charge is -2.26. The molecule has 144 valence electrons. The van der Waals surface area contributed by atoms with Crippen molar-refractivity contribution in [1.29, 1.82) is 0 Å². The summed E-state index contributed by atoms with van der Waals surface area (Å²) in [4.78, 5) is 24.1. The van der Waals surface area contributed by atoms with Crippen LogP contribution in [0.15, 0.2) is 35.7 Å². The number of hydrogen-bond donors (Lipinski definition) is 3. The third-order valence-electron chi connectivity index (χ3n) is 4.91. The van der Waals surface area contributed by atoms with Crippen LogP contribution in [0.25, 0.3) is 11.1 Å². The van der Waals surface area contributed by atoms with Crippen molar-refractivity contribution >= 4 is 23.3 Å². The van der Waals surface area contributed by atoms with E-state index in [1.54, 1.807) is 18.4 Å². The number of benzene rings is 1. The van der Waals surface area contributed by atoms with Crippen LogP contribution in [0, 0.1) is 5.92 Å². The zero-order chi connectivity index (χ0) is 19.2. The quantitative estimate of drug-likeness (QED) is 0.701. The largest absolute Gasteiger partial charge is 0.497 e. The maximum Gasteiger partial charge on any atom is 0.315 e. The monoisotopic (exact) mass is 388 g/mol. The molecule has 2 amide bonds. The van der Waals surface area contributed by atoms with Crippen LogP contribution in [0.1, 0.15) is 30.6 Å². The highest BCUT2D eigenvalue weighted by molar-refractivity contribution is 7.10. The smallest absolute Gasteiger partial charge is 0.315 e. The Morgan fingerprint density at radius 1 is 1.15 bits per heavy atom. The fraction of sp³-hybridized carbons (Fsp3) is 0.400. The van der Waals surface area contributed by atoms with Crippen molar-refractivity contribution < 1.29 is 19.4 Å². The van der Waals surface area contributed by atoms with Gasteiger partial charge in [0.1, 0.15) is 5.75 Å². The first-order chi connectivity index (χ1) is 13.0. The molecule has 7 heteroatoms. The molecule has 1 aliphatic rings. The highest BCUT2D eigenvalue weighted by Gasteiger charge is 2.26. The molecular weight excluding hydrogens is 364 g/mol. The van der Waals surface area contributed by atoms with Gasteiger partial charge in [0.15, 0.2) is 0 Å². The lowest BCUT2D eigenvalue weighted by atomic mass is 9.86. The molecule has 1 aromatic heterocycles. The van der Waals surface area contributed by atoms with Gasteiger partial charge in [0.05, 0.1) is 19.6 Å². The van der Waals surface area contributed by atoms with Gasteiger partial charge in [0.2, 0.25) is 0 Å². The molecule has 0 unspecified atom stereocenters. The Kier molecular flexibility index (Phi) is 6.34. The third kappa shape index (κ3) is 5.23. The number of rotatable bonds is 6. The fourth-order valence-corrected chi connectivity index (χ4v) is 4.13. The van der Waals surface area contributed by atoms with E-state index in [4.69, 9.17) is 9.84 Å². The number of hydrogen-bond acceptors (Lipinski definition) is 4. The van der Waals surface area contributed by atoms with Crippen molar-refractivity contribution in [1.82, 2.24) is 10.6 Å². The van der Waals surface area contributed by atoms with E-state index in [2.05, 4.69) is 22.1 Å². The summed E-state index contributed by atoms with van der Waals surface area (Å²) >= 11 is 1.61. The van der Waals surface area contributed by atoms with E-state index in [0.29, 0.717) is 32.2 Å². The molecule has 27 heavy (non-hydrogen) atoms. The van der Waals surface area contributed by atoms with Gasteiger partial charge < -0.3 is 20.5 Å². The summed E-state index contributed by atoms with van der Waals surface area (Å²) in [6.07, 6.45) is 2.67. The van der Waals surface area contributed by atoms with Crippen LogP contribution in [0.5, 0.6) is 5.75 Å². The average molecular weight is 388 g/mol. The Bertz CT molecular complexity index is 780. The predicted molar refractivity (Wildman–Crippen MR) is 105 cm³/mol. The topological polar surface area (TPSA) is 87.7 Å². The average Bonchev–Trinajstić information content (AvgIpc) is 3.16. The van der Waals surface area contributed by atoms with Gasteiger partial charge >= 0.3 is 12.0 Å². The van der Waals surface area contributed by atoms with Crippen molar-refractivity contribution in [2.75, 3.05) is 7.11 Å². The number of methoxy groups -OCH3 is 1. The Labute approximate surface area is 162 Å². The van der Waals surface area contributed by atoms with Gasteiger partial charge in [-0.1, -0.05) is 12.1 Å². The van der Waals surface area contributed by atoms with Gasteiger partial charge in [-0.15, -0.1) is 11.3 Å². The van der Waals surface area contributed by atoms with Gasteiger partial charge in [0, 0.05) is 10.9 Å². The van der Waals surface area contributed by atoms with Gasteiger partial charge in [-0.05, 0) is 60.4 Å². The second-order valence-electron chi connectivity index (χ2n) is 6.74. The summed E-state index contributed by atoms with van der Waals surface area (Å²) in [7, 11) is 1.65. The van der Waals surface area contributed by atoms with E-state index in [1.165, 1.54) is 0 Å². The molecule has 3 rings (SSSR count). The summed E-state index contributed by atoms with van der Waals surface area (Å²) in [5.41, 5.74) is 2.23. The van der Waals surface area contributed by atoms with Crippen LogP contribution in [0.4, 0.5) is 4.79 Å². The SMILES string of the molecule is COc1ccc(-c2csc(CNC(=O)NC3CCC(C(=O)O)CC3)c2)cc1. The number of carbonyl (C=O) groups excluding carboxylic acids is 1. The second-order valence-corrected chi connectivity index (χ2v) is 7.74. The number of thiophene rings is 1. The molecule has 0 atom stereocenters. The number of carbonyl (C=O) groups is 2. The second kappa shape index (κ2) is 8.90. The Morgan fingerprint density at radius 2 is 1.85 bits per heavy atom. The summed E-state index contributed by atoms with van der Waals surface area (Å²) in [5.74, 6) is -0.179. The number of carboxylic acid groups (broad SMARTS) is 1. The molecule has 0 radical (unpaired) electrons. The fourth-order valence-electron chi connectivity index (χ4n) is 3.30. The number of urea groups is 1. The standard InChI is InChI=1S/C20H24N2O4S/c1-26-17-8-4-13(5-9-17)15-10-18(27-12-15)11-21-20(25)22-16-6-2-14(3-7-16)19(23)24/h4-5,8-10,12,14,16H,2-3,6-7,11H2,1H3,(H,23,24)(H2,21,22,25). The lowest BCUT2D eigenvalue weighted by molar-refractivity contribution is -0.142. The molecule has 3 N–H and O–H groups in total. The van der Waals surface area contributed by atoms with Crippen molar-refractivity contribution in [3.8, 4) is 16.9 Å². The van der Waals surface area contributed by atoms with Gasteiger partial charge in [-0.2, -0.15) is 0 Å². The molecule has 1 heterocycles. The third-order valence-corrected chi connectivity index (χ3v) is 5.85. The van der Waals surface area contributed by atoms with Crippen LogP contribution in [-0.2, 0) is 11.3 Å². The van der Waals surface area contributed by atoms with E-state index < -0.39 is 5.97 Å². The van der Waals surface area contributed by atoms with Crippen molar-refractivity contribution in [3.63, 3.8) is 0 Å². The Morgan fingerprint density at radius 3 is 2.48 bits per heavy atom. The predicted octanol–water partition coefficient (Wildman–Crippen LogP) is 3.87. The maximum atomic E-state index is 12.1. The Hall–Kier alpha value is -2.54. The molecule has 0 aliphatic heterocycles. The maximum absolute atomic E-state index is 12.1. The van der Waals surface area contributed by atoms with Crippen LogP contribution in [0.3, 0.4) is 0 Å². The first kappa shape index (κ1) is 19.2. The molecule has 0 bridgehead atoms. The number of ether oxygens (including phenoxy) is 1. The first-order valence-corrected chi connectivity index (χ1v) is 9.92. The summed E-state index contributed by atoms with van der Waals surface area (Å²) in [6.45, 7) is 0.469. The molecule has 6 nitrogen and oxygen atoms in total. The molecule has 1 aliphatic carbocycles. The number of amides is 2. The van der Waals surface area contributed by atoms with E-state index in [1.807, 2.05) is 24.3 Å². The van der Waals surface area contributed by atoms with Crippen LogP contribution < -0.4 is 15.4 Å². The minimum absolute atomic E-state index is 0.0544. The van der Waals surface area contributed by atoms with Crippen molar-refractivity contribution in [2.24, 2.45) is 5.92 Å². The van der Waals surface area contributed by atoms with E-state index >= 15 is 0 Å². The first-order valence-electron chi connectivity index (χ1n) is 9.04. The van der Waals surface area contributed by atoms with Crippen LogP contribution in [0.2, 0.25) is 0 Å². The highest BCUT2D eigenvalue weighted by Crippen LogP contribution is 2.27. The van der Waals surface area contributed by atoms with E-state index in [0.717, 1.165) is 21.8 Å². The van der Waals surface area contributed by atoms with Crippen molar-refractivity contribution in [2.45, 2.75) is 38.3 Å². The zero-order valence-electron chi connectivity index (χ0n) is 15.2. The van der Waals surface area contributed by atoms with Crippen molar-refractivity contribution in [3.05, 3.63) is 40.6 Å². The number of carboxylic acids is 1. The van der Waals surface area contributed by atoms with Gasteiger partial charge in [-0.25, -0.2) is 4.79 Å². The molecule has 2 aromatic rings. The molecule has 1 saturated carbocycles. The van der Waals surface area contributed by atoms with Gasteiger partial charge in [-0.3, -0.25) is 4.79 Å². The van der Waals surface area contributed by atoms with Gasteiger partial charge in [0.25, 0.3) is 0 Å². The minimum Gasteiger partial charge on any atom is -0.497 e. The zero-order valence-corrected chi connectivity index (χ0v) is 16.1. The lowest BCUT2D eigenvalue weighted by Crippen LogP contribution is -2.43. The summed E-state index contributed by atoms with van der Waals surface area (Å²) in [5, 5.41) is 16.9. The number of nitrogens with one attached hydrogen (secondary N) is 2. The van der Waals surface area contributed by atoms with E-state index in [9.17, 15) is 9.59 Å². The summed E-state index contributed by atoms with van der Waals surface area (Å²) in [6, 6.07) is 9.81. The molecule has 1 fully saturated rings. The molecule has 0 spiro atoms. The molecular formula is C20H24N2O4S. The van der Waals surface area contributed by atoms with Crippen LogP contribution in [-0.4, -0.2) is 30.3 Å². The minimum atomic E-state index is -0.733. The number of aliphatic carboxylic acids is 1. The highest BCUT2D eigenvalue weighted by atomic mass is 32.1. The Balaban J connectivity index is 1.45. The molecule has 1 aromatic carbocycles. The van der Waals surface area contributed by atoms with Crippen LogP contribution >= 0.6 is 11.3 Å². The summed E-state index contributed by atoms with van der Waals surface area (Å²) < 4.78 is 5.17.